The fourth-order valence-electron chi connectivity index (χ4n) is 11.8. The number of halogens is 3. The van der Waals surface area contributed by atoms with Gasteiger partial charge in [0.2, 0.25) is 17.7 Å². The molecule has 3 aromatic rings. The minimum atomic E-state index is -1.22. The Morgan fingerprint density at radius 3 is 2.52 bits per heavy atom. The Kier molecular flexibility index (Phi) is 12.1. The third kappa shape index (κ3) is 7.57. The summed E-state index contributed by atoms with van der Waals surface area (Å²) in [6.07, 6.45) is 11.2. The highest BCUT2D eigenvalue weighted by Gasteiger charge is 2.72. The van der Waals surface area contributed by atoms with Gasteiger partial charge in [0.25, 0.3) is 0 Å². The molecule has 4 atom stereocenters. The number of ketones is 1. The molecule has 1 aliphatic carbocycles. The molecule has 5 aliphatic heterocycles. The van der Waals surface area contributed by atoms with Crippen LogP contribution in [0.1, 0.15) is 124 Å². The minimum absolute atomic E-state index is 0.0213. The number of rotatable bonds is 10. The van der Waals surface area contributed by atoms with Gasteiger partial charge in [-0.15, -0.1) is 0 Å². The number of imide groups is 1. The third-order valence-corrected chi connectivity index (χ3v) is 15.3. The van der Waals surface area contributed by atoms with Gasteiger partial charge in [-0.3, -0.25) is 29.8 Å². The van der Waals surface area contributed by atoms with E-state index in [1.54, 1.807) is 24.3 Å². The summed E-state index contributed by atoms with van der Waals surface area (Å²) in [5.41, 5.74) is 3.61. The molecule has 62 heavy (non-hydrogen) atoms. The van der Waals surface area contributed by atoms with Gasteiger partial charge < -0.3 is 15.1 Å². The summed E-state index contributed by atoms with van der Waals surface area (Å²) in [6, 6.07) is 15.3. The lowest BCUT2D eigenvalue weighted by molar-refractivity contribution is -0.136. The maximum atomic E-state index is 16.3. The minimum Gasteiger partial charge on any atom is -0.355 e. The number of benzene rings is 3. The van der Waals surface area contributed by atoms with Crippen LogP contribution in [-0.4, -0.2) is 70.6 Å². The van der Waals surface area contributed by atoms with E-state index < -0.39 is 34.8 Å². The summed E-state index contributed by atoms with van der Waals surface area (Å²) in [5.74, 6) is 4.93. The van der Waals surface area contributed by atoms with Crippen LogP contribution in [0.5, 0.6) is 0 Å². The molecule has 12 heteroatoms. The molecule has 9 rings (SSSR count). The second kappa shape index (κ2) is 17.6. The first-order chi connectivity index (χ1) is 30.0. The Morgan fingerprint density at radius 2 is 1.73 bits per heavy atom. The van der Waals surface area contributed by atoms with Crippen molar-refractivity contribution in [3.8, 4) is 11.8 Å². The van der Waals surface area contributed by atoms with E-state index in [9.17, 15) is 19.2 Å². The fourth-order valence-corrected chi connectivity index (χ4v) is 12.2. The molecule has 5 heterocycles. The van der Waals surface area contributed by atoms with Crippen LogP contribution < -0.4 is 16.0 Å². The summed E-state index contributed by atoms with van der Waals surface area (Å²) < 4.78 is 16.3. The lowest BCUT2D eigenvalue weighted by atomic mass is 9.55. The standard InChI is InChI=1S/C50H54Cl2FN5O4/c1-31-35-14-10-13-33(37(35)30-58(31)41-19-20-43(60)55-47(41)61)12-6-3-2-4-9-25-57-26-21-32(22-27-57)28-42(59)46-44(36-15-11-16-39(52)45(36)53)50(49(56-46)23-7-5-8-24-49)38-18-17-34(51)29-40(38)54-48(50)62/h10-11,13-18,29,32,41,44,46,56H,1-5,7-9,19-28,30H2,(H,54,62)(H,55,60,61)/t41?,44-,46-,50+/m0/s1. The molecule has 9 nitrogen and oxygen atoms in total. The van der Waals surface area contributed by atoms with Crippen molar-refractivity contribution in [2.24, 2.45) is 5.92 Å². The number of nitrogens with one attached hydrogen (secondary N) is 3. The van der Waals surface area contributed by atoms with Gasteiger partial charge in [-0.1, -0.05) is 97.6 Å². The molecule has 3 aromatic carbocycles. The Balaban J connectivity index is 0.801. The molecular formula is C50H54Cl2FN5O4. The van der Waals surface area contributed by atoms with E-state index >= 15 is 4.39 Å². The number of carbonyl (C=O) groups excluding carboxylic acids is 4. The number of carbonyl (C=O) groups is 4. The summed E-state index contributed by atoms with van der Waals surface area (Å²) >= 11 is 12.9. The van der Waals surface area contributed by atoms with Gasteiger partial charge in [-0.05, 0) is 111 Å². The van der Waals surface area contributed by atoms with Gasteiger partial charge in [0.1, 0.15) is 17.3 Å². The number of nitrogens with zero attached hydrogens (tertiary/aromatic N) is 2. The zero-order valence-corrected chi connectivity index (χ0v) is 36.6. The number of anilines is 1. The maximum absolute atomic E-state index is 16.3. The second-order valence-corrected chi connectivity index (χ2v) is 19.1. The molecule has 1 saturated carbocycles. The number of unbranched alkanes of at least 4 members (excludes halogenated alkanes) is 3. The maximum Gasteiger partial charge on any atom is 0.249 e. The van der Waals surface area contributed by atoms with Crippen molar-refractivity contribution >= 4 is 58.1 Å². The Morgan fingerprint density at radius 1 is 0.935 bits per heavy atom. The molecule has 2 spiro atoms. The van der Waals surface area contributed by atoms with Gasteiger partial charge in [0.05, 0.1) is 11.1 Å². The Bertz CT molecular complexity index is 2380. The topological polar surface area (TPSA) is 111 Å². The van der Waals surface area contributed by atoms with Gasteiger partial charge in [0, 0.05) is 64.8 Å². The number of likely N-dealkylation sites (tertiary alicyclic amines) is 1. The van der Waals surface area contributed by atoms with Crippen molar-refractivity contribution in [1.29, 1.82) is 0 Å². The van der Waals surface area contributed by atoms with Crippen LogP contribution in [0, 0.1) is 23.6 Å². The lowest BCUT2D eigenvalue weighted by Gasteiger charge is -2.47. The number of piperidine rings is 2. The van der Waals surface area contributed by atoms with Crippen LogP contribution in [0.25, 0.3) is 5.70 Å². The van der Waals surface area contributed by atoms with Gasteiger partial charge >= 0.3 is 0 Å². The molecular weight excluding hydrogens is 824 g/mol. The van der Waals surface area contributed by atoms with Crippen LogP contribution in [-0.2, 0) is 31.1 Å². The van der Waals surface area contributed by atoms with Crippen LogP contribution >= 0.6 is 23.2 Å². The number of fused-ring (bicyclic) bond motifs is 4. The Hall–Kier alpha value is -4.53. The van der Waals surface area contributed by atoms with E-state index in [0.717, 1.165) is 105 Å². The zero-order chi connectivity index (χ0) is 43.2. The highest BCUT2D eigenvalue weighted by atomic mass is 35.5. The van der Waals surface area contributed by atoms with Gasteiger partial charge in [0.15, 0.2) is 5.78 Å². The number of hydrogen-bond acceptors (Lipinski definition) is 7. The highest BCUT2D eigenvalue weighted by molar-refractivity contribution is 6.31. The first-order valence-electron chi connectivity index (χ1n) is 22.5. The van der Waals surface area contributed by atoms with Crippen molar-refractivity contribution in [2.75, 3.05) is 25.0 Å². The predicted octanol–water partition coefficient (Wildman–Crippen LogP) is 8.66. The average Bonchev–Trinajstić information content (AvgIpc) is 3.86. The van der Waals surface area contributed by atoms with Crippen molar-refractivity contribution in [1.82, 2.24) is 20.4 Å². The van der Waals surface area contributed by atoms with Crippen LogP contribution in [0.4, 0.5) is 10.1 Å². The monoisotopic (exact) mass is 877 g/mol. The SMILES string of the molecule is C=C1c2cccc(C#CCCCCCN3CCC(CC(=O)[C@@H]4NC5(CCCCC5)[C@@]5(C(=O)Nc6cc(Cl)ccc65)[C@H]4c4cccc(Cl)c4F)CC3)c2CN1C1CCC(=O)NC1=O. The zero-order valence-electron chi connectivity index (χ0n) is 35.1. The molecule has 1 unspecified atom stereocenters. The lowest BCUT2D eigenvalue weighted by Crippen LogP contribution is -2.60. The molecule has 0 radical (unpaired) electrons. The highest BCUT2D eigenvalue weighted by Crippen LogP contribution is 2.63. The van der Waals surface area contributed by atoms with E-state index in [4.69, 9.17) is 23.2 Å². The number of amides is 3. The van der Waals surface area contributed by atoms with E-state index in [2.05, 4.69) is 39.3 Å². The van der Waals surface area contributed by atoms with E-state index in [1.165, 1.54) is 6.07 Å². The smallest absolute Gasteiger partial charge is 0.249 e. The molecule has 4 fully saturated rings. The third-order valence-electron chi connectivity index (χ3n) is 14.8. The van der Waals surface area contributed by atoms with E-state index in [1.807, 2.05) is 29.2 Å². The number of Topliss-reactive ketones (excluding diaryl/α,β-unsaturated/α-hetero) is 1. The summed E-state index contributed by atoms with van der Waals surface area (Å²) in [4.78, 5) is 58.2. The molecule has 3 N–H and O–H groups in total. The van der Waals surface area contributed by atoms with E-state index in [0.29, 0.717) is 54.9 Å². The van der Waals surface area contributed by atoms with Gasteiger partial charge in [-0.2, -0.15) is 0 Å². The molecule has 324 valence electrons. The quantitative estimate of drug-likeness (QED) is 0.106. The molecule has 6 aliphatic rings. The van der Waals surface area contributed by atoms with Crippen molar-refractivity contribution in [2.45, 2.75) is 125 Å². The molecule has 3 saturated heterocycles. The van der Waals surface area contributed by atoms with Crippen molar-refractivity contribution < 1.29 is 23.6 Å². The van der Waals surface area contributed by atoms with Crippen molar-refractivity contribution in [3.63, 3.8) is 0 Å². The first-order valence-corrected chi connectivity index (χ1v) is 23.2. The Labute approximate surface area is 373 Å². The largest absolute Gasteiger partial charge is 0.355 e. The average molecular weight is 879 g/mol. The summed E-state index contributed by atoms with van der Waals surface area (Å²) in [7, 11) is 0. The normalized spacial score (nSPS) is 25.7. The number of hydrogen-bond donors (Lipinski definition) is 3. The van der Waals surface area contributed by atoms with Crippen molar-refractivity contribution in [3.05, 3.63) is 105 Å². The van der Waals surface area contributed by atoms with E-state index in [-0.39, 0.29) is 34.4 Å². The van der Waals surface area contributed by atoms with Crippen LogP contribution in [0.15, 0.2) is 61.2 Å². The fraction of sp³-hybridized carbons (Fsp3) is 0.480. The van der Waals surface area contributed by atoms with Crippen LogP contribution in [0.2, 0.25) is 10.0 Å². The first kappa shape index (κ1) is 42.8. The summed E-state index contributed by atoms with van der Waals surface area (Å²) in [5, 5.41) is 9.87. The molecule has 3 amide bonds. The summed E-state index contributed by atoms with van der Waals surface area (Å²) in [6.45, 7) is 7.67. The van der Waals surface area contributed by atoms with Crippen LogP contribution in [0.3, 0.4) is 0 Å². The molecule has 0 bridgehead atoms. The molecule has 0 aromatic heterocycles. The van der Waals surface area contributed by atoms with Gasteiger partial charge in [-0.25, -0.2) is 4.39 Å². The second-order valence-electron chi connectivity index (χ2n) is 18.3. The predicted molar refractivity (Wildman–Crippen MR) is 240 cm³/mol.